The van der Waals surface area contributed by atoms with Crippen LogP contribution in [0, 0.1) is 0 Å². The van der Waals surface area contributed by atoms with Gasteiger partial charge in [-0.2, -0.15) is 0 Å². The standard InChI is InChI=1S/C56H34N2O/c1-3-12-37-30-39(22-20-35(37)10-1)41-24-27-52-47(32-41)44-14-5-7-17-50(44)57(52)43-26-29-55-49(34-43)46-16-9-19-54(56(46)59-55)58-51-18-8-6-15-45(51)48-33-42(25-28-53(48)58)40-23-21-36-11-2-4-13-38(36)31-40/h1-34H. The van der Waals surface area contributed by atoms with Crippen LogP contribution in [0.2, 0.25) is 0 Å². The monoisotopic (exact) mass is 750 g/mol. The Kier molecular flexibility index (Phi) is 6.72. The van der Waals surface area contributed by atoms with Gasteiger partial charge in [0.1, 0.15) is 5.58 Å². The van der Waals surface area contributed by atoms with E-state index in [1.165, 1.54) is 76.4 Å². The van der Waals surface area contributed by atoms with Crippen molar-refractivity contribution in [2.75, 3.05) is 0 Å². The van der Waals surface area contributed by atoms with Gasteiger partial charge in [-0.1, -0.05) is 133 Å². The highest BCUT2D eigenvalue weighted by Gasteiger charge is 2.20. The van der Waals surface area contributed by atoms with Crippen molar-refractivity contribution in [2.45, 2.75) is 0 Å². The fourth-order valence-corrected chi connectivity index (χ4v) is 9.67. The fraction of sp³-hybridized carbons (Fsp3) is 0. The maximum Gasteiger partial charge on any atom is 0.159 e. The molecular formula is C56H34N2O. The third-order valence-corrected chi connectivity index (χ3v) is 12.5. The van der Waals surface area contributed by atoms with Gasteiger partial charge in [0.25, 0.3) is 0 Å². The minimum Gasteiger partial charge on any atom is -0.454 e. The van der Waals surface area contributed by atoms with Crippen LogP contribution in [0.1, 0.15) is 0 Å². The number of hydrogen-bond acceptors (Lipinski definition) is 1. The zero-order valence-electron chi connectivity index (χ0n) is 31.9. The van der Waals surface area contributed by atoms with E-state index in [2.05, 4.69) is 215 Å². The largest absolute Gasteiger partial charge is 0.454 e. The Hall–Kier alpha value is -7.88. The molecule has 0 fully saturated rings. The second kappa shape index (κ2) is 12.3. The van der Waals surface area contributed by atoms with Gasteiger partial charge in [-0.15, -0.1) is 0 Å². The van der Waals surface area contributed by atoms with E-state index in [1.807, 2.05) is 0 Å². The summed E-state index contributed by atoms with van der Waals surface area (Å²) in [6.07, 6.45) is 0. The summed E-state index contributed by atoms with van der Waals surface area (Å²) in [4.78, 5) is 0. The third-order valence-electron chi connectivity index (χ3n) is 12.5. The molecule has 10 aromatic carbocycles. The molecule has 3 heterocycles. The summed E-state index contributed by atoms with van der Waals surface area (Å²) in [5.74, 6) is 0. The Labute approximate surface area is 339 Å². The molecule has 0 saturated carbocycles. The summed E-state index contributed by atoms with van der Waals surface area (Å²) in [6.45, 7) is 0. The van der Waals surface area contributed by atoms with Gasteiger partial charge in [0.2, 0.25) is 0 Å². The molecule has 0 radical (unpaired) electrons. The molecule has 0 N–H and O–H groups in total. The van der Waals surface area contributed by atoms with Crippen molar-refractivity contribution in [1.82, 2.24) is 9.13 Å². The average molecular weight is 751 g/mol. The maximum absolute atomic E-state index is 6.85. The van der Waals surface area contributed by atoms with E-state index in [9.17, 15) is 0 Å². The first-order valence-electron chi connectivity index (χ1n) is 20.2. The van der Waals surface area contributed by atoms with Crippen molar-refractivity contribution in [3.05, 3.63) is 206 Å². The summed E-state index contributed by atoms with van der Waals surface area (Å²) < 4.78 is 11.6. The van der Waals surface area contributed by atoms with Crippen molar-refractivity contribution >= 4 is 87.1 Å². The van der Waals surface area contributed by atoms with Crippen LogP contribution in [0.3, 0.4) is 0 Å². The first kappa shape index (κ1) is 32.2. The summed E-state index contributed by atoms with van der Waals surface area (Å²) in [5, 5.41) is 12.1. The van der Waals surface area contributed by atoms with Crippen LogP contribution in [0.25, 0.3) is 121 Å². The van der Waals surface area contributed by atoms with E-state index >= 15 is 0 Å². The number of benzene rings is 10. The predicted octanol–water partition coefficient (Wildman–Crippen LogP) is 15.4. The van der Waals surface area contributed by atoms with Crippen molar-refractivity contribution in [2.24, 2.45) is 0 Å². The molecular weight excluding hydrogens is 717 g/mol. The highest BCUT2D eigenvalue weighted by Crippen LogP contribution is 2.41. The van der Waals surface area contributed by atoms with Crippen LogP contribution in [0.5, 0.6) is 0 Å². The molecule has 0 aliphatic rings. The first-order valence-corrected chi connectivity index (χ1v) is 20.2. The van der Waals surface area contributed by atoms with E-state index in [4.69, 9.17) is 4.42 Å². The van der Waals surface area contributed by atoms with Crippen LogP contribution < -0.4 is 0 Å². The van der Waals surface area contributed by atoms with Gasteiger partial charge in [0, 0.05) is 38.0 Å². The van der Waals surface area contributed by atoms with Gasteiger partial charge in [0.15, 0.2) is 5.58 Å². The zero-order chi connectivity index (χ0) is 38.6. The lowest BCUT2D eigenvalue weighted by molar-refractivity contribution is 0.666. The minimum absolute atomic E-state index is 0.870. The van der Waals surface area contributed by atoms with Gasteiger partial charge >= 0.3 is 0 Å². The number of para-hydroxylation sites is 3. The Balaban J connectivity index is 0.966. The summed E-state index contributed by atoms with van der Waals surface area (Å²) in [6, 6.07) is 75.0. The minimum atomic E-state index is 0.870. The second-order valence-electron chi connectivity index (χ2n) is 15.7. The van der Waals surface area contributed by atoms with E-state index in [0.717, 1.165) is 44.3 Å². The lowest BCUT2D eigenvalue weighted by atomic mass is 9.99. The molecule has 3 aromatic heterocycles. The quantitative estimate of drug-likeness (QED) is 0.176. The lowest BCUT2D eigenvalue weighted by Gasteiger charge is -2.09. The molecule has 274 valence electrons. The Morgan fingerprint density at radius 2 is 0.780 bits per heavy atom. The highest BCUT2D eigenvalue weighted by molar-refractivity contribution is 6.15. The van der Waals surface area contributed by atoms with Crippen LogP contribution >= 0.6 is 0 Å². The van der Waals surface area contributed by atoms with Gasteiger partial charge in [-0.3, -0.25) is 0 Å². The van der Waals surface area contributed by atoms with Crippen LogP contribution in [0.15, 0.2) is 211 Å². The lowest BCUT2D eigenvalue weighted by Crippen LogP contribution is -1.94. The molecule has 0 bridgehead atoms. The van der Waals surface area contributed by atoms with E-state index < -0.39 is 0 Å². The normalized spacial score (nSPS) is 12.1. The number of rotatable bonds is 4. The molecule has 0 atom stereocenters. The van der Waals surface area contributed by atoms with Crippen molar-refractivity contribution in [1.29, 1.82) is 0 Å². The predicted molar refractivity (Wildman–Crippen MR) is 248 cm³/mol. The number of fused-ring (bicyclic) bond motifs is 11. The molecule has 13 rings (SSSR count). The topological polar surface area (TPSA) is 23.0 Å². The highest BCUT2D eigenvalue weighted by atomic mass is 16.3. The van der Waals surface area contributed by atoms with Gasteiger partial charge in [-0.25, -0.2) is 0 Å². The molecule has 0 unspecified atom stereocenters. The fourth-order valence-electron chi connectivity index (χ4n) is 9.67. The second-order valence-corrected chi connectivity index (χ2v) is 15.7. The van der Waals surface area contributed by atoms with Crippen molar-refractivity contribution in [3.8, 4) is 33.6 Å². The van der Waals surface area contributed by atoms with E-state index in [-0.39, 0.29) is 0 Å². The molecule has 0 aliphatic heterocycles. The molecule has 0 amide bonds. The molecule has 3 heteroatoms. The summed E-state index contributed by atoms with van der Waals surface area (Å²) in [5.41, 5.74) is 13.4. The summed E-state index contributed by atoms with van der Waals surface area (Å²) >= 11 is 0. The van der Waals surface area contributed by atoms with Crippen LogP contribution in [-0.4, -0.2) is 9.13 Å². The number of furan rings is 1. The molecule has 0 saturated heterocycles. The Morgan fingerprint density at radius 3 is 1.42 bits per heavy atom. The smallest absolute Gasteiger partial charge is 0.159 e. The molecule has 0 spiro atoms. The number of nitrogens with zero attached hydrogens (tertiary/aromatic N) is 2. The van der Waals surface area contributed by atoms with E-state index in [0.29, 0.717) is 0 Å². The first-order chi connectivity index (χ1) is 29.2. The van der Waals surface area contributed by atoms with Crippen molar-refractivity contribution in [3.63, 3.8) is 0 Å². The maximum atomic E-state index is 6.85. The molecule has 13 aromatic rings. The number of hydrogen-bond donors (Lipinski definition) is 0. The molecule has 59 heavy (non-hydrogen) atoms. The number of aromatic nitrogens is 2. The van der Waals surface area contributed by atoms with Gasteiger partial charge in [-0.05, 0) is 117 Å². The van der Waals surface area contributed by atoms with Crippen LogP contribution in [-0.2, 0) is 0 Å². The van der Waals surface area contributed by atoms with Gasteiger partial charge < -0.3 is 13.6 Å². The SMILES string of the molecule is c1ccc2cc(-c3ccc4c(c3)c3ccccc3n4-c3ccc4oc5c(-n6c7ccccc7c7cc(-c8ccc9ccccc9c8)ccc76)cccc5c4c3)ccc2c1. The summed E-state index contributed by atoms with van der Waals surface area (Å²) in [7, 11) is 0. The molecule has 0 aliphatic carbocycles. The van der Waals surface area contributed by atoms with E-state index in [1.54, 1.807) is 0 Å². The van der Waals surface area contributed by atoms with Crippen LogP contribution in [0.4, 0.5) is 0 Å². The Bertz CT molecular complexity index is 3860. The third kappa shape index (κ3) is 4.82. The Morgan fingerprint density at radius 1 is 0.288 bits per heavy atom. The zero-order valence-corrected chi connectivity index (χ0v) is 31.9. The van der Waals surface area contributed by atoms with Crippen molar-refractivity contribution < 1.29 is 4.42 Å². The van der Waals surface area contributed by atoms with Gasteiger partial charge in [0.05, 0.1) is 27.8 Å². The molecule has 3 nitrogen and oxygen atoms in total. The average Bonchev–Trinajstić information content (AvgIpc) is 3.95.